The number of alkyl carbamates (subject to hydrolysis) is 1. The Hall–Kier alpha value is -3.00. The fourth-order valence-electron chi connectivity index (χ4n) is 4.29. The predicted octanol–water partition coefficient (Wildman–Crippen LogP) is 3.54. The van der Waals surface area contributed by atoms with Crippen molar-refractivity contribution < 1.29 is 24.2 Å². The number of hydrogen-bond acceptors (Lipinski definition) is 5. The van der Waals surface area contributed by atoms with Gasteiger partial charge in [-0.15, -0.1) is 11.8 Å². The Kier molecular flexibility index (Phi) is 6.41. The number of carboxylic acid groups (broad SMARTS) is 1. The zero-order valence-corrected chi connectivity index (χ0v) is 18.8. The maximum absolute atomic E-state index is 12.8. The third-order valence-corrected chi connectivity index (χ3v) is 7.29. The maximum Gasteiger partial charge on any atom is 0.407 e. The molecule has 32 heavy (non-hydrogen) atoms. The third-order valence-electron chi connectivity index (χ3n) is 6.28. The van der Waals surface area contributed by atoms with Gasteiger partial charge in [-0.25, -0.2) is 9.59 Å². The first-order valence-corrected chi connectivity index (χ1v) is 11.8. The van der Waals surface area contributed by atoms with E-state index in [0.29, 0.717) is 11.6 Å². The van der Waals surface area contributed by atoms with Crippen molar-refractivity contribution >= 4 is 29.7 Å². The summed E-state index contributed by atoms with van der Waals surface area (Å²) in [5, 5.41) is 12.1. The summed E-state index contributed by atoms with van der Waals surface area (Å²) in [5.74, 6) is -1.18. The fraction of sp³-hybridized carbons (Fsp3) is 0.375. The first kappa shape index (κ1) is 22.2. The number of carbonyl (C=O) groups is 3. The minimum atomic E-state index is -1.01. The molecule has 168 valence electrons. The van der Waals surface area contributed by atoms with Gasteiger partial charge in [0.25, 0.3) is 0 Å². The molecule has 1 saturated heterocycles. The minimum absolute atomic E-state index is 0.0412. The quantitative estimate of drug-likeness (QED) is 0.693. The van der Waals surface area contributed by atoms with Gasteiger partial charge in [0.15, 0.2) is 0 Å². The summed E-state index contributed by atoms with van der Waals surface area (Å²) in [6, 6.07) is 14.9. The van der Waals surface area contributed by atoms with Gasteiger partial charge >= 0.3 is 12.1 Å². The van der Waals surface area contributed by atoms with E-state index in [4.69, 9.17) is 4.74 Å². The summed E-state index contributed by atoms with van der Waals surface area (Å²) in [5.41, 5.74) is 4.57. The highest BCUT2D eigenvalue weighted by molar-refractivity contribution is 7.99. The molecule has 0 aromatic heterocycles. The zero-order chi connectivity index (χ0) is 22.8. The molecule has 4 rings (SSSR count). The highest BCUT2D eigenvalue weighted by Crippen LogP contribution is 2.44. The van der Waals surface area contributed by atoms with Crippen LogP contribution in [0.3, 0.4) is 0 Å². The van der Waals surface area contributed by atoms with E-state index in [0.717, 1.165) is 22.3 Å². The Bertz CT molecular complexity index is 997. The van der Waals surface area contributed by atoms with E-state index in [1.165, 1.54) is 16.7 Å². The molecule has 0 saturated carbocycles. The number of nitrogens with zero attached hydrogens (tertiary/aromatic N) is 1. The van der Waals surface area contributed by atoms with E-state index >= 15 is 0 Å². The maximum atomic E-state index is 12.8. The van der Waals surface area contributed by atoms with Gasteiger partial charge in [0, 0.05) is 17.7 Å². The second-order valence-electron chi connectivity index (χ2n) is 8.21. The Morgan fingerprint density at radius 1 is 1.09 bits per heavy atom. The molecule has 0 spiro atoms. The lowest BCUT2D eigenvalue weighted by Gasteiger charge is -2.27. The molecule has 1 heterocycles. The fourth-order valence-corrected chi connectivity index (χ4v) is 5.45. The SMILES string of the molecule is CC(NC(=O)OCC1c2ccccc2-c2ccccc21)C(C)C(=O)N1CSC[C@H]1C(=O)O. The molecule has 2 aromatic carbocycles. The second kappa shape index (κ2) is 9.24. The van der Waals surface area contributed by atoms with Crippen LogP contribution < -0.4 is 5.32 Å². The molecule has 1 aliphatic carbocycles. The number of fused-ring (bicyclic) bond motifs is 3. The first-order chi connectivity index (χ1) is 15.4. The van der Waals surface area contributed by atoms with Crippen LogP contribution in [0.1, 0.15) is 30.9 Å². The number of ether oxygens (including phenoxy) is 1. The van der Waals surface area contributed by atoms with Gasteiger partial charge in [-0.05, 0) is 29.2 Å². The van der Waals surface area contributed by atoms with Gasteiger partial charge in [0.05, 0.1) is 11.8 Å². The summed E-state index contributed by atoms with van der Waals surface area (Å²) in [6.45, 7) is 3.61. The van der Waals surface area contributed by atoms with Crippen LogP contribution in [0.15, 0.2) is 48.5 Å². The molecule has 2 aliphatic rings. The number of amides is 2. The second-order valence-corrected chi connectivity index (χ2v) is 9.21. The average molecular weight is 455 g/mol. The standard InChI is InChI=1S/C24H26N2O5S/c1-14(22(27)26-13-32-12-21(26)23(28)29)15(2)25-24(30)31-11-20-18-9-5-3-7-16(18)17-8-4-6-10-19(17)20/h3-10,14-15,20-21H,11-13H2,1-2H3,(H,25,30)(H,28,29)/t14?,15?,21-/m0/s1. The highest BCUT2D eigenvalue weighted by atomic mass is 32.2. The molecular formula is C24H26N2O5S. The van der Waals surface area contributed by atoms with Crippen molar-refractivity contribution in [1.82, 2.24) is 10.2 Å². The van der Waals surface area contributed by atoms with Crippen LogP contribution in [0.5, 0.6) is 0 Å². The van der Waals surface area contributed by atoms with Crippen molar-refractivity contribution in [3.05, 3.63) is 59.7 Å². The Balaban J connectivity index is 1.36. The van der Waals surface area contributed by atoms with Crippen molar-refractivity contribution in [3.63, 3.8) is 0 Å². The van der Waals surface area contributed by atoms with Gasteiger partial charge in [0.2, 0.25) is 5.91 Å². The zero-order valence-electron chi connectivity index (χ0n) is 18.0. The monoisotopic (exact) mass is 454 g/mol. The molecule has 2 aromatic rings. The average Bonchev–Trinajstić information content (AvgIpc) is 3.40. The van der Waals surface area contributed by atoms with Crippen LogP contribution in [0.25, 0.3) is 11.1 Å². The number of thioether (sulfide) groups is 1. The number of hydrogen-bond donors (Lipinski definition) is 2. The third kappa shape index (κ3) is 4.19. The van der Waals surface area contributed by atoms with E-state index in [1.807, 2.05) is 24.3 Å². The molecular weight excluding hydrogens is 428 g/mol. The van der Waals surface area contributed by atoms with E-state index < -0.39 is 30.1 Å². The van der Waals surface area contributed by atoms with Crippen LogP contribution in [-0.2, 0) is 14.3 Å². The summed E-state index contributed by atoms with van der Waals surface area (Å²) < 4.78 is 5.55. The van der Waals surface area contributed by atoms with Gasteiger partial charge in [0.1, 0.15) is 12.6 Å². The molecule has 8 heteroatoms. The minimum Gasteiger partial charge on any atom is -0.480 e. The molecule has 7 nitrogen and oxygen atoms in total. The summed E-state index contributed by atoms with van der Waals surface area (Å²) in [4.78, 5) is 38.0. The molecule has 1 aliphatic heterocycles. The van der Waals surface area contributed by atoms with Crippen LogP contribution >= 0.6 is 11.8 Å². The van der Waals surface area contributed by atoms with E-state index in [-0.39, 0.29) is 18.4 Å². The summed E-state index contributed by atoms with van der Waals surface area (Å²) in [7, 11) is 0. The smallest absolute Gasteiger partial charge is 0.407 e. The van der Waals surface area contributed by atoms with Crippen molar-refractivity contribution in [3.8, 4) is 11.1 Å². The van der Waals surface area contributed by atoms with Crippen LogP contribution in [0.2, 0.25) is 0 Å². The van der Waals surface area contributed by atoms with Crippen LogP contribution in [0.4, 0.5) is 4.79 Å². The van der Waals surface area contributed by atoms with Crippen molar-refractivity contribution in [2.75, 3.05) is 18.2 Å². The molecule has 3 atom stereocenters. The number of benzene rings is 2. The summed E-state index contributed by atoms with van der Waals surface area (Å²) in [6.07, 6.45) is -0.593. The Labute approximate surface area is 191 Å². The number of carboxylic acids is 1. The lowest BCUT2D eigenvalue weighted by atomic mass is 9.98. The largest absolute Gasteiger partial charge is 0.480 e. The van der Waals surface area contributed by atoms with Crippen LogP contribution in [0, 0.1) is 5.92 Å². The molecule has 2 amide bonds. The van der Waals surface area contributed by atoms with Gasteiger partial charge < -0.3 is 20.1 Å². The molecule has 0 radical (unpaired) electrons. The van der Waals surface area contributed by atoms with Crippen molar-refractivity contribution in [1.29, 1.82) is 0 Å². The van der Waals surface area contributed by atoms with Crippen LogP contribution in [-0.4, -0.2) is 58.3 Å². The van der Waals surface area contributed by atoms with Gasteiger partial charge in [-0.1, -0.05) is 55.5 Å². The molecule has 1 fully saturated rings. The summed E-state index contributed by atoms with van der Waals surface area (Å²) >= 11 is 1.41. The first-order valence-electron chi connectivity index (χ1n) is 10.6. The van der Waals surface area contributed by atoms with Crippen molar-refractivity contribution in [2.45, 2.75) is 31.8 Å². The number of nitrogens with one attached hydrogen (secondary N) is 1. The predicted molar refractivity (Wildman–Crippen MR) is 122 cm³/mol. The Morgan fingerprint density at radius 3 is 2.28 bits per heavy atom. The normalized spacial score (nSPS) is 19.1. The molecule has 0 bridgehead atoms. The Morgan fingerprint density at radius 2 is 1.69 bits per heavy atom. The number of aliphatic carboxylic acids is 1. The number of rotatable bonds is 6. The number of carbonyl (C=O) groups excluding carboxylic acids is 2. The lowest BCUT2D eigenvalue weighted by molar-refractivity contribution is -0.149. The van der Waals surface area contributed by atoms with E-state index in [9.17, 15) is 19.5 Å². The molecule has 2 unspecified atom stereocenters. The molecule has 2 N–H and O–H groups in total. The van der Waals surface area contributed by atoms with Gasteiger partial charge in [-0.3, -0.25) is 4.79 Å². The van der Waals surface area contributed by atoms with E-state index in [2.05, 4.69) is 29.6 Å². The van der Waals surface area contributed by atoms with Gasteiger partial charge in [-0.2, -0.15) is 0 Å². The topological polar surface area (TPSA) is 95.9 Å². The van der Waals surface area contributed by atoms with E-state index in [1.54, 1.807) is 13.8 Å². The highest BCUT2D eigenvalue weighted by Gasteiger charge is 2.38. The lowest BCUT2D eigenvalue weighted by Crippen LogP contribution is -2.49. The van der Waals surface area contributed by atoms with Crippen molar-refractivity contribution in [2.24, 2.45) is 5.92 Å².